The van der Waals surface area contributed by atoms with E-state index in [1.54, 1.807) is 6.33 Å². The van der Waals surface area contributed by atoms with Crippen LogP contribution in [-0.2, 0) is 4.74 Å². The van der Waals surface area contributed by atoms with Gasteiger partial charge in [-0.3, -0.25) is 0 Å². The summed E-state index contributed by atoms with van der Waals surface area (Å²) in [4.78, 5) is 7.37. The number of imidazole rings is 1. The molecule has 0 saturated carbocycles. The molecule has 1 saturated heterocycles. The van der Waals surface area contributed by atoms with Crippen LogP contribution in [0.15, 0.2) is 30.6 Å². The van der Waals surface area contributed by atoms with Crippen molar-refractivity contribution >= 4 is 22.5 Å². The smallest absolute Gasteiger partial charge is 0.153 e. The van der Waals surface area contributed by atoms with Crippen LogP contribution >= 0.6 is 0 Å². The van der Waals surface area contributed by atoms with E-state index >= 15 is 0 Å². The number of benzene rings is 1. The monoisotopic (exact) mass is 297 g/mol. The highest BCUT2D eigenvalue weighted by molar-refractivity contribution is 5.84. The second-order valence-corrected chi connectivity index (χ2v) is 5.23. The maximum absolute atomic E-state index is 5.97. The van der Waals surface area contributed by atoms with Gasteiger partial charge in [0.2, 0.25) is 0 Å². The van der Waals surface area contributed by atoms with Crippen LogP contribution < -0.4 is 10.1 Å². The second-order valence-electron chi connectivity index (χ2n) is 5.23. The van der Waals surface area contributed by atoms with Crippen molar-refractivity contribution in [3.8, 4) is 5.75 Å². The molecule has 1 fully saturated rings. The standard InChI is InChI=1S/C15H15N5O2/c1-9-2-3-15(20-19-9)18-13-4-11-12(17-8-16-11)5-14(13)22-10-6-21-7-10/h2-5,8,10H,6-7H2,1H3,(H,16,17)(H,18,20). The van der Waals surface area contributed by atoms with Gasteiger partial charge in [-0.05, 0) is 25.1 Å². The van der Waals surface area contributed by atoms with Crippen LogP contribution in [0.1, 0.15) is 5.69 Å². The van der Waals surface area contributed by atoms with Crippen LogP contribution in [0.3, 0.4) is 0 Å². The van der Waals surface area contributed by atoms with Crippen molar-refractivity contribution in [1.29, 1.82) is 0 Å². The number of aromatic amines is 1. The third kappa shape index (κ3) is 2.46. The van der Waals surface area contributed by atoms with Crippen LogP contribution in [0.5, 0.6) is 5.75 Å². The van der Waals surface area contributed by atoms with E-state index in [4.69, 9.17) is 9.47 Å². The first kappa shape index (κ1) is 13.0. The molecule has 3 aromatic rings. The molecule has 1 aromatic carbocycles. The van der Waals surface area contributed by atoms with E-state index < -0.39 is 0 Å². The number of anilines is 2. The van der Waals surface area contributed by atoms with Gasteiger partial charge in [-0.25, -0.2) is 4.98 Å². The van der Waals surface area contributed by atoms with Gasteiger partial charge < -0.3 is 19.8 Å². The van der Waals surface area contributed by atoms with Crippen molar-refractivity contribution in [3.05, 3.63) is 36.3 Å². The molecule has 22 heavy (non-hydrogen) atoms. The van der Waals surface area contributed by atoms with Crippen LogP contribution in [-0.4, -0.2) is 39.5 Å². The summed E-state index contributed by atoms with van der Waals surface area (Å²) >= 11 is 0. The first-order chi connectivity index (χ1) is 10.8. The zero-order valence-electron chi connectivity index (χ0n) is 12.0. The molecule has 2 aromatic heterocycles. The summed E-state index contributed by atoms with van der Waals surface area (Å²) in [5.41, 5.74) is 3.47. The molecule has 0 spiro atoms. The van der Waals surface area contributed by atoms with Crippen LogP contribution in [0.2, 0.25) is 0 Å². The average Bonchev–Trinajstić information content (AvgIpc) is 2.92. The summed E-state index contributed by atoms with van der Waals surface area (Å²) in [6, 6.07) is 7.66. The van der Waals surface area contributed by atoms with Gasteiger partial charge in [-0.2, -0.15) is 5.10 Å². The topological polar surface area (TPSA) is 85.0 Å². The molecule has 0 aliphatic carbocycles. The largest absolute Gasteiger partial charge is 0.483 e. The predicted molar refractivity (Wildman–Crippen MR) is 81.4 cm³/mol. The highest BCUT2D eigenvalue weighted by atomic mass is 16.6. The lowest BCUT2D eigenvalue weighted by molar-refractivity contribution is -0.0793. The van der Waals surface area contributed by atoms with Crippen molar-refractivity contribution in [3.63, 3.8) is 0 Å². The Balaban J connectivity index is 1.69. The molecule has 3 heterocycles. The van der Waals surface area contributed by atoms with E-state index in [-0.39, 0.29) is 6.10 Å². The second kappa shape index (κ2) is 5.27. The first-order valence-electron chi connectivity index (χ1n) is 7.07. The van der Waals surface area contributed by atoms with Crippen LogP contribution in [0.4, 0.5) is 11.5 Å². The Kier molecular flexibility index (Phi) is 3.12. The van der Waals surface area contributed by atoms with Gasteiger partial charge in [0.15, 0.2) is 5.82 Å². The highest BCUT2D eigenvalue weighted by Crippen LogP contribution is 2.32. The van der Waals surface area contributed by atoms with Crippen molar-refractivity contribution in [1.82, 2.24) is 20.2 Å². The number of rotatable bonds is 4. The Hall–Kier alpha value is -2.67. The molecule has 7 nitrogen and oxygen atoms in total. The third-order valence-electron chi connectivity index (χ3n) is 3.48. The molecule has 4 rings (SSSR count). The van der Waals surface area contributed by atoms with Gasteiger partial charge >= 0.3 is 0 Å². The molecular formula is C15H15N5O2. The average molecular weight is 297 g/mol. The molecule has 2 N–H and O–H groups in total. The Bertz CT molecular complexity index is 795. The molecule has 7 heteroatoms. The van der Waals surface area contributed by atoms with Gasteiger partial charge in [-0.1, -0.05) is 0 Å². The minimum Gasteiger partial charge on any atom is -0.483 e. The van der Waals surface area contributed by atoms with E-state index in [9.17, 15) is 0 Å². The van der Waals surface area contributed by atoms with Crippen molar-refractivity contribution < 1.29 is 9.47 Å². The molecular weight excluding hydrogens is 282 g/mol. The van der Waals surface area contributed by atoms with E-state index in [1.165, 1.54) is 0 Å². The van der Waals surface area contributed by atoms with Gasteiger partial charge in [0, 0.05) is 6.07 Å². The molecule has 0 amide bonds. The van der Waals surface area contributed by atoms with Crippen molar-refractivity contribution in [2.75, 3.05) is 18.5 Å². The predicted octanol–water partition coefficient (Wildman–Crippen LogP) is 2.18. The summed E-state index contributed by atoms with van der Waals surface area (Å²) in [5, 5.41) is 11.4. The Labute approximate surface area is 126 Å². The lowest BCUT2D eigenvalue weighted by Crippen LogP contribution is -2.38. The number of hydrogen-bond donors (Lipinski definition) is 2. The lowest BCUT2D eigenvalue weighted by Gasteiger charge is -2.27. The highest BCUT2D eigenvalue weighted by Gasteiger charge is 2.22. The molecule has 1 aliphatic heterocycles. The molecule has 0 atom stereocenters. The number of H-pyrrole nitrogens is 1. The number of aromatic nitrogens is 4. The maximum atomic E-state index is 5.97. The third-order valence-corrected chi connectivity index (χ3v) is 3.48. The summed E-state index contributed by atoms with van der Waals surface area (Å²) < 4.78 is 11.1. The fraction of sp³-hybridized carbons (Fsp3) is 0.267. The molecule has 0 unspecified atom stereocenters. The van der Waals surface area contributed by atoms with Crippen LogP contribution in [0, 0.1) is 6.92 Å². The summed E-state index contributed by atoms with van der Waals surface area (Å²) in [7, 11) is 0. The van der Waals surface area contributed by atoms with Crippen LogP contribution in [0.25, 0.3) is 11.0 Å². The SMILES string of the molecule is Cc1ccc(Nc2cc3nc[nH]c3cc2OC2COC2)nn1. The van der Waals surface area contributed by atoms with Crippen molar-refractivity contribution in [2.45, 2.75) is 13.0 Å². The van der Waals surface area contributed by atoms with Gasteiger partial charge in [0.1, 0.15) is 11.9 Å². The van der Waals surface area contributed by atoms with Gasteiger partial charge in [0.05, 0.1) is 42.0 Å². The van der Waals surface area contributed by atoms with E-state index in [2.05, 4.69) is 25.5 Å². The van der Waals surface area contributed by atoms with E-state index in [0.29, 0.717) is 19.0 Å². The molecule has 0 radical (unpaired) electrons. The summed E-state index contributed by atoms with van der Waals surface area (Å²) in [5.74, 6) is 1.41. The molecule has 0 bridgehead atoms. The number of aryl methyl sites for hydroxylation is 1. The quantitative estimate of drug-likeness (QED) is 0.768. The Morgan fingerprint density at radius 3 is 2.91 bits per heavy atom. The molecule has 1 aliphatic rings. The maximum Gasteiger partial charge on any atom is 0.153 e. The summed E-state index contributed by atoms with van der Waals surface area (Å²) in [6.45, 7) is 3.13. The number of hydrogen-bond acceptors (Lipinski definition) is 6. The van der Waals surface area contributed by atoms with Gasteiger partial charge in [0.25, 0.3) is 0 Å². The lowest BCUT2D eigenvalue weighted by atomic mass is 10.2. The zero-order chi connectivity index (χ0) is 14.9. The van der Waals surface area contributed by atoms with E-state index in [1.807, 2.05) is 31.2 Å². The zero-order valence-corrected chi connectivity index (χ0v) is 12.0. The Morgan fingerprint density at radius 1 is 1.27 bits per heavy atom. The first-order valence-corrected chi connectivity index (χ1v) is 7.07. The van der Waals surface area contributed by atoms with Crippen molar-refractivity contribution in [2.24, 2.45) is 0 Å². The number of nitrogens with one attached hydrogen (secondary N) is 2. The number of fused-ring (bicyclic) bond motifs is 1. The minimum atomic E-state index is 0.0880. The summed E-state index contributed by atoms with van der Waals surface area (Å²) in [6.07, 6.45) is 1.75. The van der Waals surface area contributed by atoms with E-state index in [0.717, 1.165) is 28.2 Å². The number of ether oxygens (including phenoxy) is 2. The minimum absolute atomic E-state index is 0.0880. The number of nitrogens with zero attached hydrogens (tertiary/aromatic N) is 3. The fourth-order valence-electron chi connectivity index (χ4n) is 2.22. The molecule has 112 valence electrons. The van der Waals surface area contributed by atoms with Gasteiger partial charge in [-0.15, -0.1) is 5.10 Å². The Morgan fingerprint density at radius 2 is 2.18 bits per heavy atom. The normalized spacial score (nSPS) is 14.8. The fourth-order valence-corrected chi connectivity index (χ4v) is 2.22.